The minimum Gasteiger partial charge on any atom is -0.385 e. The van der Waals surface area contributed by atoms with E-state index in [1.165, 1.54) is 24.1 Å². The Kier molecular flexibility index (Phi) is 3.44. The van der Waals surface area contributed by atoms with E-state index in [0.29, 0.717) is 0 Å². The molecule has 0 amide bonds. The van der Waals surface area contributed by atoms with Gasteiger partial charge in [0, 0.05) is 38.2 Å². The van der Waals surface area contributed by atoms with Gasteiger partial charge in [0.05, 0.1) is 0 Å². The number of ether oxygens (including phenoxy) is 1. The third-order valence-electron chi connectivity index (χ3n) is 3.19. The number of hydrogen-bond acceptors (Lipinski definition) is 2. The van der Waals surface area contributed by atoms with Gasteiger partial charge >= 0.3 is 0 Å². The van der Waals surface area contributed by atoms with E-state index in [9.17, 15) is 0 Å². The van der Waals surface area contributed by atoms with Crippen LogP contribution in [0.5, 0.6) is 0 Å². The zero-order valence-corrected chi connectivity index (χ0v) is 9.41. The average Bonchev–Trinajstić information content (AvgIpc) is 2.64. The van der Waals surface area contributed by atoms with Crippen molar-refractivity contribution in [3.05, 3.63) is 23.5 Å². The molecule has 2 rings (SSSR count). The molecule has 0 bridgehead atoms. The first kappa shape index (κ1) is 10.7. The number of fused-ring (bicyclic) bond motifs is 1. The van der Waals surface area contributed by atoms with Crippen molar-refractivity contribution >= 4 is 0 Å². The number of rotatable bonds is 4. The van der Waals surface area contributed by atoms with Crippen molar-refractivity contribution in [2.75, 3.05) is 13.7 Å². The van der Waals surface area contributed by atoms with Gasteiger partial charge in [-0.3, -0.25) is 0 Å². The van der Waals surface area contributed by atoms with Crippen LogP contribution in [0.3, 0.4) is 0 Å². The van der Waals surface area contributed by atoms with Crippen molar-refractivity contribution in [2.45, 2.75) is 38.3 Å². The van der Waals surface area contributed by atoms with Gasteiger partial charge in [0.15, 0.2) is 0 Å². The first-order valence-electron chi connectivity index (χ1n) is 5.75. The highest BCUT2D eigenvalue weighted by Gasteiger charge is 2.19. The van der Waals surface area contributed by atoms with E-state index in [0.717, 1.165) is 26.0 Å². The normalized spacial score (nSPS) is 20.3. The summed E-state index contributed by atoms with van der Waals surface area (Å²) in [5.74, 6) is 0. The predicted molar refractivity (Wildman–Crippen MR) is 60.8 cm³/mol. The zero-order valence-electron chi connectivity index (χ0n) is 9.41. The maximum atomic E-state index is 6.08. The maximum absolute atomic E-state index is 6.08. The molecule has 1 aromatic heterocycles. The predicted octanol–water partition coefficient (Wildman–Crippen LogP) is 1.86. The number of nitrogens with two attached hydrogens (primary N) is 1. The van der Waals surface area contributed by atoms with E-state index < -0.39 is 0 Å². The highest BCUT2D eigenvalue weighted by Crippen LogP contribution is 2.28. The zero-order chi connectivity index (χ0) is 10.7. The molecule has 15 heavy (non-hydrogen) atoms. The van der Waals surface area contributed by atoms with Crippen LogP contribution in [-0.4, -0.2) is 18.3 Å². The molecule has 0 saturated heterocycles. The number of hydrogen-bond donors (Lipinski definition) is 1. The van der Waals surface area contributed by atoms with Crippen LogP contribution in [0.2, 0.25) is 0 Å². The van der Waals surface area contributed by atoms with E-state index in [-0.39, 0.29) is 6.04 Å². The SMILES string of the molecule is COCCCn1ccc2c1CCCC2N. The van der Waals surface area contributed by atoms with Crippen LogP contribution in [0.15, 0.2) is 12.3 Å². The summed E-state index contributed by atoms with van der Waals surface area (Å²) in [6, 6.07) is 2.45. The molecule has 1 atom stereocenters. The summed E-state index contributed by atoms with van der Waals surface area (Å²) >= 11 is 0. The van der Waals surface area contributed by atoms with E-state index >= 15 is 0 Å². The Balaban J connectivity index is 2.06. The number of aryl methyl sites for hydroxylation is 1. The van der Waals surface area contributed by atoms with Crippen LogP contribution < -0.4 is 5.73 Å². The Labute approximate surface area is 91.2 Å². The second kappa shape index (κ2) is 4.81. The van der Waals surface area contributed by atoms with Gasteiger partial charge in [0.25, 0.3) is 0 Å². The summed E-state index contributed by atoms with van der Waals surface area (Å²) in [6.07, 6.45) is 6.79. The fraction of sp³-hybridized carbons (Fsp3) is 0.667. The number of methoxy groups -OCH3 is 1. The van der Waals surface area contributed by atoms with Crippen molar-refractivity contribution in [3.8, 4) is 0 Å². The number of nitrogens with zero attached hydrogens (tertiary/aromatic N) is 1. The van der Waals surface area contributed by atoms with Crippen LogP contribution in [0.25, 0.3) is 0 Å². The van der Waals surface area contributed by atoms with Crippen molar-refractivity contribution in [3.63, 3.8) is 0 Å². The topological polar surface area (TPSA) is 40.2 Å². The van der Waals surface area contributed by atoms with Crippen LogP contribution in [0.1, 0.15) is 36.6 Å². The molecule has 3 nitrogen and oxygen atoms in total. The molecule has 0 spiro atoms. The monoisotopic (exact) mass is 208 g/mol. The Morgan fingerprint density at radius 1 is 1.60 bits per heavy atom. The van der Waals surface area contributed by atoms with Crippen LogP contribution >= 0.6 is 0 Å². The highest BCUT2D eigenvalue weighted by molar-refractivity contribution is 5.28. The second-order valence-electron chi connectivity index (χ2n) is 4.26. The van der Waals surface area contributed by atoms with Crippen molar-refractivity contribution in [2.24, 2.45) is 5.73 Å². The molecule has 0 aliphatic heterocycles. The molecule has 84 valence electrons. The van der Waals surface area contributed by atoms with Gasteiger partial charge in [-0.1, -0.05) is 0 Å². The summed E-state index contributed by atoms with van der Waals surface area (Å²) in [5.41, 5.74) is 8.89. The van der Waals surface area contributed by atoms with Crippen molar-refractivity contribution in [1.29, 1.82) is 0 Å². The van der Waals surface area contributed by atoms with Crippen LogP contribution in [0, 0.1) is 0 Å². The van der Waals surface area contributed by atoms with Gasteiger partial charge in [-0.2, -0.15) is 0 Å². The summed E-state index contributed by atoms with van der Waals surface area (Å²) in [7, 11) is 1.75. The molecule has 3 heteroatoms. The van der Waals surface area contributed by atoms with E-state index in [1.807, 2.05) is 0 Å². The smallest absolute Gasteiger partial charge is 0.0479 e. The lowest BCUT2D eigenvalue weighted by Gasteiger charge is -2.20. The Bertz CT molecular complexity index is 319. The lowest BCUT2D eigenvalue weighted by atomic mass is 9.94. The molecule has 0 saturated carbocycles. The van der Waals surface area contributed by atoms with Gasteiger partial charge < -0.3 is 15.0 Å². The minimum absolute atomic E-state index is 0.262. The molecule has 1 aliphatic rings. The second-order valence-corrected chi connectivity index (χ2v) is 4.26. The van der Waals surface area contributed by atoms with E-state index in [1.54, 1.807) is 7.11 Å². The summed E-state index contributed by atoms with van der Waals surface area (Å²) in [4.78, 5) is 0. The Morgan fingerprint density at radius 3 is 3.27 bits per heavy atom. The highest BCUT2D eigenvalue weighted by atomic mass is 16.5. The minimum atomic E-state index is 0.262. The van der Waals surface area contributed by atoms with Crippen molar-refractivity contribution < 1.29 is 4.74 Å². The molecule has 0 radical (unpaired) electrons. The van der Waals surface area contributed by atoms with E-state index in [4.69, 9.17) is 10.5 Å². The Morgan fingerprint density at radius 2 is 2.47 bits per heavy atom. The first-order chi connectivity index (χ1) is 7.33. The largest absolute Gasteiger partial charge is 0.385 e. The summed E-state index contributed by atoms with van der Waals surface area (Å²) in [6.45, 7) is 1.88. The molecule has 0 fully saturated rings. The summed E-state index contributed by atoms with van der Waals surface area (Å²) in [5, 5.41) is 0. The molecule has 1 unspecified atom stereocenters. The van der Waals surface area contributed by atoms with Crippen molar-refractivity contribution in [1.82, 2.24) is 4.57 Å². The fourth-order valence-corrected chi connectivity index (χ4v) is 2.38. The lowest BCUT2D eigenvalue weighted by Crippen LogP contribution is -2.18. The van der Waals surface area contributed by atoms with Crippen LogP contribution in [-0.2, 0) is 17.7 Å². The van der Waals surface area contributed by atoms with Gasteiger partial charge in [-0.25, -0.2) is 0 Å². The molecule has 1 heterocycles. The first-order valence-corrected chi connectivity index (χ1v) is 5.75. The molecular formula is C12H20N2O. The molecule has 2 N–H and O–H groups in total. The lowest BCUT2D eigenvalue weighted by molar-refractivity contribution is 0.190. The van der Waals surface area contributed by atoms with Gasteiger partial charge in [0.1, 0.15) is 0 Å². The van der Waals surface area contributed by atoms with Gasteiger partial charge in [-0.05, 0) is 37.3 Å². The Hall–Kier alpha value is -0.800. The quantitative estimate of drug-likeness (QED) is 0.767. The van der Waals surface area contributed by atoms with Gasteiger partial charge in [0.2, 0.25) is 0 Å². The average molecular weight is 208 g/mol. The third-order valence-corrected chi connectivity index (χ3v) is 3.19. The molecule has 1 aliphatic carbocycles. The maximum Gasteiger partial charge on any atom is 0.0479 e. The fourth-order valence-electron chi connectivity index (χ4n) is 2.38. The summed E-state index contributed by atoms with van der Waals surface area (Å²) < 4.78 is 7.41. The molecular weight excluding hydrogens is 188 g/mol. The molecule has 1 aromatic rings. The van der Waals surface area contributed by atoms with E-state index in [2.05, 4.69) is 16.8 Å². The van der Waals surface area contributed by atoms with Crippen LogP contribution in [0.4, 0.5) is 0 Å². The molecule has 0 aromatic carbocycles. The standard InChI is InChI=1S/C12H20N2O/c1-15-9-3-7-14-8-6-10-11(13)4-2-5-12(10)14/h6,8,11H,2-5,7,9,13H2,1H3. The third kappa shape index (κ3) is 2.24. The van der Waals surface area contributed by atoms with Gasteiger partial charge in [-0.15, -0.1) is 0 Å². The number of aromatic nitrogens is 1.